The Bertz CT molecular complexity index is 649. The second-order valence-corrected chi connectivity index (χ2v) is 7.87. The maximum Gasteiger partial charge on any atom is 0.270 e. The van der Waals surface area contributed by atoms with Crippen LogP contribution in [0, 0.1) is 5.92 Å². The molecule has 0 bridgehead atoms. The average molecular weight is 398 g/mol. The highest BCUT2D eigenvalue weighted by atomic mass is 35.5. The molecule has 1 saturated carbocycles. The van der Waals surface area contributed by atoms with Crippen molar-refractivity contribution >= 4 is 23.4 Å². The summed E-state index contributed by atoms with van der Waals surface area (Å²) in [6.07, 6.45) is 6.85. The van der Waals surface area contributed by atoms with Crippen molar-refractivity contribution in [1.29, 1.82) is 0 Å². The molecular formula is C18H28ClN5O3. The molecule has 9 heteroatoms. The van der Waals surface area contributed by atoms with E-state index in [-0.39, 0.29) is 36.2 Å². The number of aliphatic hydroxyl groups excluding tert-OH is 1. The minimum absolute atomic E-state index is 0.0307. The molecule has 2 atom stereocenters. The lowest BCUT2D eigenvalue weighted by atomic mass is 10.1. The van der Waals surface area contributed by atoms with Crippen LogP contribution in [0.4, 0.5) is 0 Å². The third kappa shape index (κ3) is 5.67. The molecule has 1 aliphatic heterocycles. The van der Waals surface area contributed by atoms with Gasteiger partial charge in [0.25, 0.3) is 5.91 Å². The number of carbonyl (C=O) groups excluding carboxylic acids is 2. The van der Waals surface area contributed by atoms with Crippen LogP contribution in [0.15, 0.2) is 6.20 Å². The number of hydrogen-bond donors (Lipinski definition) is 4. The number of carbonyl (C=O) groups is 2. The van der Waals surface area contributed by atoms with Crippen molar-refractivity contribution in [2.24, 2.45) is 5.92 Å². The Hall–Kier alpha value is -1.64. The number of aromatic amines is 1. The van der Waals surface area contributed by atoms with Gasteiger partial charge in [-0.15, -0.1) is 0 Å². The van der Waals surface area contributed by atoms with Crippen molar-refractivity contribution in [3.05, 3.63) is 16.9 Å². The summed E-state index contributed by atoms with van der Waals surface area (Å²) in [7, 11) is 0. The lowest BCUT2D eigenvalue weighted by Gasteiger charge is -2.30. The van der Waals surface area contributed by atoms with Gasteiger partial charge < -0.3 is 15.7 Å². The number of aliphatic hydroxyl groups is 1. The summed E-state index contributed by atoms with van der Waals surface area (Å²) in [5.41, 5.74) is 0.281. The van der Waals surface area contributed by atoms with E-state index in [2.05, 4.69) is 25.7 Å². The van der Waals surface area contributed by atoms with Crippen molar-refractivity contribution in [2.45, 2.75) is 50.6 Å². The molecule has 4 N–H and O–H groups in total. The monoisotopic (exact) mass is 397 g/mol. The zero-order valence-corrected chi connectivity index (χ0v) is 16.2. The molecule has 2 heterocycles. The Morgan fingerprint density at radius 3 is 2.70 bits per heavy atom. The molecule has 1 saturated heterocycles. The van der Waals surface area contributed by atoms with Crippen LogP contribution in [-0.2, 0) is 4.79 Å². The van der Waals surface area contributed by atoms with Gasteiger partial charge in [-0.2, -0.15) is 5.10 Å². The third-order valence-corrected chi connectivity index (χ3v) is 5.62. The molecule has 0 spiro atoms. The van der Waals surface area contributed by atoms with Crippen molar-refractivity contribution in [3.8, 4) is 0 Å². The van der Waals surface area contributed by atoms with Crippen molar-refractivity contribution in [3.63, 3.8) is 0 Å². The van der Waals surface area contributed by atoms with Crippen molar-refractivity contribution in [2.75, 3.05) is 26.2 Å². The molecule has 0 unspecified atom stereocenters. The van der Waals surface area contributed by atoms with Crippen LogP contribution in [0.3, 0.4) is 0 Å². The minimum atomic E-state index is -0.255. The fourth-order valence-electron chi connectivity index (χ4n) is 3.67. The van der Waals surface area contributed by atoms with Crippen LogP contribution < -0.4 is 10.6 Å². The molecule has 2 aliphatic rings. The van der Waals surface area contributed by atoms with Gasteiger partial charge >= 0.3 is 0 Å². The van der Waals surface area contributed by atoms with E-state index in [0.717, 1.165) is 19.4 Å². The molecule has 27 heavy (non-hydrogen) atoms. The third-order valence-electron chi connectivity index (χ3n) is 5.33. The van der Waals surface area contributed by atoms with Crippen LogP contribution in [0.5, 0.6) is 0 Å². The van der Waals surface area contributed by atoms with Crippen LogP contribution in [0.2, 0.25) is 5.02 Å². The summed E-state index contributed by atoms with van der Waals surface area (Å²) in [6.45, 7) is 2.11. The van der Waals surface area contributed by atoms with Crippen LogP contribution in [-0.4, -0.2) is 70.3 Å². The average Bonchev–Trinajstić information content (AvgIpc) is 3.25. The molecule has 2 fully saturated rings. The Morgan fingerprint density at radius 1 is 1.26 bits per heavy atom. The van der Waals surface area contributed by atoms with E-state index in [1.807, 2.05) is 0 Å². The summed E-state index contributed by atoms with van der Waals surface area (Å²) in [4.78, 5) is 26.8. The molecular weight excluding hydrogens is 370 g/mol. The maximum absolute atomic E-state index is 12.3. The number of hydrogen-bond acceptors (Lipinski definition) is 5. The number of H-pyrrole nitrogens is 1. The number of nitrogens with zero attached hydrogens (tertiary/aromatic N) is 2. The van der Waals surface area contributed by atoms with Crippen LogP contribution in [0.1, 0.15) is 49.0 Å². The summed E-state index contributed by atoms with van der Waals surface area (Å²) in [6, 6.07) is 0.434. The number of rotatable bonds is 10. The standard InChI is InChI=1S/C18H28ClN5O3/c19-15-10-22-23-17(15)18(27)21-9-14-5-4-13(24(14)11-12-2-3-12)8-16(26)20-6-1-7-25/h10,12-14,25H,1-9,11H2,(H,20,26)(H,21,27)(H,22,23)/t13-,14+/m1/s1. The molecule has 0 radical (unpaired) electrons. The topological polar surface area (TPSA) is 110 Å². The number of amides is 2. The highest BCUT2D eigenvalue weighted by Crippen LogP contribution is 2.35. The van der Waals surface area contributed by atoms with E-state index >= 15 is 0 Å². The fraction of sp³-hybridized carbons (Fsp3) is 0.722. The number of nitrogens with one attached hydrogen (secondary N) is 3. The van der Waals surface area contributed by atoms with Crippen LogP contribution >= 0.6 is 11.6 Å². The normalized spacial score (nSPS) is 22.7. The zero-order chi connectivity index (χ0) is 19.2. The second kappa shape index (κ2) is 9.52. The van der Waals surface area contributed by atoms with Crippen molar-refractivity contribution in [1.82, 2.24) is 25.7 Å². The Morgan fingerprint density at radius 2 is 2.04 bits per heavy atom. The Balaban J connectivity index is 1.52. The first-order chi connectivity index (χ1) is 13.1. The summed E-state index contributed by atoms with van der Waals surface area (Å²) < 4.78 is 0. The van der Waals surface area contributed by atoms with Crippen LogP contribution in [0.25, 0.3) is 0 Å². The highest BCUT2D eigenvalue weighted by Gasteiger charge is 2.38. The lowest BCUT2D eigenvalue weighted by Crippen LogP contribution is -2.45. The molecule has 3 rings (SSSR count). The molecule has 1 aromatic rings. The van der Waals surface area contributed by atoms with E-state index in [9.17, 15) is 9.59 Å². The summed E-state index contributed by atoms with van der Waals surface area (Å²) >= 11 is 5.94. The van der Waals surface area contributed by atoms with E-state index < -0.39 is 0 Å². The van der Waals surface area contributed by atoms with E-state index in [4.69, 9.17) is 16.7 Å². The minimum Gasteiger partial charge on any atom is -0.396 e. The van der Waals surface area contributed by atoms with Gasteiger partial charge in [0.15, 0.2) is 0 Å². The fourth-order valence-corrected chi connectivity index (χ4v) is 3.85. The maximum atomic E-state index is 12.3. The molecule has 8 nitrogen and oxygen atoms in total. The van der Waals surface area contributed by atoms with E-state index in [1.165, 1.54) is 19.0 Å². The number of likely N-dealkylation sites (tertiary alicyclic amines) is 1. The Kier molecular flexibility index (Phi) is 7.09. The van der Waals surface area contributed by atoms with E-state index in [0.29, 0.717) is 36.9 Å². The van der Waals surface area contributed by atoms with E-state index in [1.54, 1.807) is 0 Å². The second-order valence-electron chi connectivity index (χ2n) is 7.46. The summed E-state index contributed by atoms with van der Waals surface area (Å²) in [5.74, 6) is 0.487. The predicted molar refractivity (Wildman–Crippen MR) is 102 cm³/mol. The van der Waals surface area contributed by atoms with Gasteiger partial charge in [-0.3, -0.25) is 19.6 Å². The van der Waals surface area contributed by atoms with Gasteiger partial charge in [0.05, 0.1) is 11.2 Å². The zero-order valence-electron chi connectivity index (χ0n) is 15.4. The Labute approximate surface area is 164 Å². The molecule has 1 aromatic heterocycles. The van der Waals surface area contributed by atoms with Gasteiger partial charge in [-0.05, 0) is 38.0 Å². The molecule has 1 aliphatic carbocycles. The van der Waals surface area contributed by atoms with Gasteiger partial charge in [-0.1, -0.05) is 11.6 Å². The van der Waals surface area contributed by atoms with Gasteiger partial charge in [-0.25, -0.2) is 0 Å². The first-order valence-corrected chi connectivity index (χ1v) is 10.1. The first kappa shape index (κ1) is 20.1. The largest absolute Gasteiger partial charge is 0.396 e. The van der Waals surface area contributed by atoms with Crippen molar-refractivity contribution < 1.29 is 14.7 Å². The van der Waals surface area contributed by atoms with Gasteiger partial charge in [0.2, 0.25) is 5.91 Å². The predicted octanol–water partition coefficient (Wildman–Crippen LogP) is 0.925. The lowest BCUT2D eigenvalue weighted by molar-refractivity contribution is -0.122. The number of halogens is 1. The first-order valence-electron chi connectivity index (χ1n) is 9.68. The SMILES string of the molecule is O=C(C[C@H]1CC[C@@H](CNC(=O)c2[nH]ncc2Cl)N1CC1CC1)NCCCO. The molecule has 0 aromatic carbocycles. The van der Waals surface area contributed by atoms with Gasteiger partial charge in [0.1, 0.15) is 5.69 Å². The molecule has 150 valence electrons. The molecule has 2 amide bonds. The quantitative estimate of drug-likeness (QED) is 0.439. The summed E-state index contributed by atoms with van der Waals surface area (Å²) in [5, 5.41) is 21.3. The number of aromatic nitrogens is 2. The van der Waals surface area contributed by atoms with Gasteiger partial charge in [0, 0.05) is 44.7 Å². The smallest absolute Gasteiger partial charge is 0.270 e. The highest BCUT2D eigenvalue weighted by molar-refractivity contribution is 6.33.